The van der Waals surface area contributed by atoms with Crippen molar-refractivity contribution in [3.8, 4) is 11.1 Å². The van der Waals surface area contributed by atoms with Crippen molar-refractivity contribution in [3.63, 3.8) is 0 Å². The number of halogens is 3. The smallest absolute Gasteiger partial charge is 0.227 e. The van der Waals surface area contributed by atoms with Gasteiger partial charge in [-0.25, -0.2) is 9.97 Å². The van der Waals surface area contributed by atoms with Crippen LogP contribution >= 0.6 is 39.1 Å². The van der Waals surface area contributed by atoms with E-state index in [0.717, 1.165) is 10.0 Å². The first-order chi connectivity index (χ1) is 8.49. The van der Waals surface area contributed by atoms with Gasteiger partial charge in [-0.3, -0.25) is 0 Å². The molecule has 0 unspecified atom stereocenters. The molecule has 3 nitrogen and oxygen atoms in total. The predicted molar refractivity (Wildman–Crippen MR) is 79.5 cm³/mol. The van der Waals surface area contributed by atoms with Crippen LogP contribution in [0.1, 0.15) is 0 Å². The van der Waals surface area contributed by atoms with Gasteiger partial charge in [0.15, 0.2) is 0 Å². The molecule has 0 atom stereocenters. The standard InChI is InChI=1S/C12H10BrCl2N3/c1-18(2)12-16-10(14)9(11(15)17-12)7-4-3-5-8(13)6-7/h3-6H,1-2H3. The Balaban J connectivity index is 2.59. The SMILES string of the molecule is CN(C)c1nc(Cl)c(-c2cccc(Br)c2)c(Cl)n1. The molecule has 0 saturated heterocycles. The Morgan fingerprint density at radius 2 is 1.72 bits per heavy atom. The molecule has 0 N–H and O–H groups in total. The van der Waals surface area contributed by atoms with Gasteiger partial charge in [0.05, 0.1) is 5.56 Å². The van der Waals surface area contributed by atoms with Crippen molar-refractivity contribution in [1.82, 2.24) is 9.97 Å². The van der Waals surface area contributed by atoms with Gasteiger partial charge in [0.25, 0.3) is 0 Å². The van der Waals surface area contributed by atoms with Gasteiger partial charge in [0.2, 0.25) is 5.95 Å². The summed E-state index contributed by atoms with van der Waals surface area (Å²) < 4.78 is 0.948. The maximum absolute atomic E-state index is 6.19. The highest BCUT2D eigenvalue weighted by Gasteiger charge is 2.14. The van der Waals surface area contributed by atoms with E-state index >= 15 is 0 Å². The summed E-state index contributed by atoms with van der Waals surface area (Å²) >= 11 is 15.8. The largest absolute Gasteiger partial charge is 0.347 e. The van der Waals surface area contributed by atoms with Crippen LogP contribution in [0, 0.1) is 0 Å². The fourth-order valence-corrected chi connectivity index (χ4v) is 2.48. The minimum atomic E-state index is 0.344. The van der Waals surface area contributed by atoms with Crippen molar-refractivity contribution < 1.29 is 0 Å². The fourth-order valence-electron chi connectivity index (χ4n) is 1.48. The Bertz CT molecular complexity index is 564. The highest BCUT2D eigenvalue weighted by Crippen LogP contribution is 2.34. The van der Waals surface area contributed by atoms with Crippen LogP contribution in [-0.4, -0.2) is 24.1 Å². The molecule has 0 bridgehead atoms. The van der Waals surface area contributed by atoms with E-state index in [1.165, 1.54) is 0 Å². The van der Waals surface area contributed by atoms with Gasteiger partial charge < -0.3 is 4.90 Å². The summed E-state index contributed by atoms with van der Waals surface area (Å²) in [4.78, 5) is 10.2. The van der Waals surface area contributed by atoms with Crippen molar-refractivity contribution in [2.45, 2.75) is 0 Å². The molecular formula is C12H10BrCl2N3. The summed E-state index contributed by atoms with van der Waals surface area (Å²) in [5.74, 6) is 0.490. The Morgan fingerprint density at radius 3 is 2.22 bits per heavy atom. The monoisotopic (exact) mass is 345 g/mol. The lowest BCUT2D eigenvalue weighted by atomic mass is 10.1. The topological polar surface area (TPSA) is 29.0 Å². The van der Waals surface area contributed by atoms with Crippen LogP contribution in [0.4, 0.5) is 5.95 Å². The first kappa shape index (κ1) is 13.6. The summed E-state index contributed by atoms with van der Waals surface area (Å²) in [6.45, 7) is 0. The van der Waals surface area contributed by atoms with E-state index in [1.54, 1.807) is 4.90 Å². The van der Waals surface area contributed by atoms with E-state index in [0.29, 0.717) is 21.8 Å². The first-order valence-electron chi connectivity index (χ1n) is 5.15. The zero-order valence-corrected chi connectivity index (χ0v) is 12.9. The van der Waals surface area contributed by atoms with Crippen molar-refractivity contribution in [3.05, 3.63) is 39.0 Å². The number of rotatable bonds is 2. The van der Waals surface area contributed by atoms with Gasteiger partial charge in [0.1, 0.15) is 10.3 Å². The second kappa shape index (κ2) is 5.43. The third kappa shape index (κ3) is 2.76. The summed E-state index contributed by atoms with van der Waals surface area (Å²) in [5, 5.41) is 0.689. The molecule has 0 spiro atoms. The second-order valence-corrected chi connectivity index (χ2v) is 5.52. The van der Waals surface area contributed by atoms with Crippen LogP contribution in [-0.2, 0) is 0 Å². The maximum Gasteiger partial charge on any atom is 0.227 e. The molecule has 94 valence electrons. The van der Waals surface area contributed by atoms with Crippen LogP contribution in [0.5, 0.6) is 0 Å². The van der Waals surface area contributed by atoms with Crippen molar-refractivity contribution in [2.75, 3.05) is 19.0 Å². The number of hydrogen-bond acceptors (Lipinski definition) is 3. The van der Waals surface area contributed by atoms with Gasteiger partial charge in [-0.15, -0.1) is 0 Å². The van der Waals surface area contributed by atoms with Crippen molar-refractivity contribution in [2.24, 2.45) is 0 Å². The lowest BCUT2D eigenvalue weighted by molar-refractivity contribution is 1.00. The summed E-state index contributed by atoms with van der Waals surface area (Å²) in [6, 6.07) is 7.68. The highest BCUT2D eigenvalue weighted by atomic mass is 79.9. The van der Waals surface area contributed by atoms with Crippen LogP contribution in [0.15, 0.2) is 28.7 Å². The zero-order chi connectivity index (χ0) is 13.3. The minimum Gasteiger partial charge on any atom is -0.347 e. The lowest BCUT2D eigenvalue weighted by Crippen LogP contribution is -2.13. The molecule has 0 saturated carbocycles. The number of benzene rings is 1. The molecule has 2 aromatic rings. The molecule has 1 aromatic carbocycles. The number of nitrogens with zero attached hydrogens (tertiary/aromatic N) is 3. The first-order valence-corrected chi connectivity index (χ1v) is 6.70. The molecule has 0 aliphatic rings. The summed E-state index contributed by atoms with van der Waals surface area (Å²) in [6.07, 6.45) is 0. The second-order valence-electron chi connectivity index (χ2n) is 3.89. The van der Waals surface area contributed by atoms with Crippen LogP contribution < -0.4 is 4.90 Å². The number of anilines is 1. The molecule has 1 aromatic heterocycles. The van der Waals surface area contributed by atoms with Gasteiger partial charge >= 0.3 is 0 Å². The number of hydrogen-bond donors (Lipinski definition) is 0. The van der Waals surface area contributed by atoms with E-state index < -0.39 is 0 Å². The molecule has 0 aliphatic carbocycles. The molecule has 6 heteroatoms. The van der Waals surface area contributed by atoms with E-state index in [1.807, 2.05) is 38.4 Å². The highest BCUT2D eigenvalue weighted by molar-refractivity contribution is 9.10. The Labute approximate surface area is 124 Å². The van der Waals surface area contributed by atoms with Crippen LogP contribution in [0.3, 0.4) is 0 Å². The molecule has 2 rings (SSSR count). The molecule has 0 aliphatic heterocycles. The normalized spacial score (nSPS) is 10.5. The summed E-state index contributed by atoms with van der Waals surface area (Å²) in [5.41, 5.74) is 1.52. The average molecular weight is 347 g/mol. The van der Waals surface area contributed by atoms with E-state index in [2.05, 4.69) is 25.9 Å². The van der Waals surface area contributed by atoms with Crippen LogP contribution in [0.2, 0.25) is 10.3 Å². The Kier molecular flexibility index (Phi) is 4.10. The molecular weight excluding hydrogens is 337 g/mol. The van der Waals surface area contributed by atoms with Gasteiger partial charge in [-0.2, -0.15) is 0 Å². The van der Waals surface area contributed by atoms with Crippen molar-refractivity contribution >= 4 is 45.1 Å². The van der Waals surface area contributed by atoms with E-state index in [-0.39, 0.29) is 0 Å². The van der Waals surface area contributed by atoms with Crippen molar-refractivity contribution in [1.29, 1.82) is 0 Å². The minimum absolute atomic E-state index is 0.344. The molecule has 0 radical (unpaired) electrons. The molecule has 18 heavy (non-hydrogen) atoms. The average Bonchev–Trinajstić information content (AvgIpc) is 2.27. The Hall–Kier alpha value is -0.840. The van der Waals surface area contributed by atoms with Gasteiger partial charge in [-0.1, -0.05) is 51.3 Å². The van der Waals surface area contributed by atoms with Gasteiger partial charge in [-0.05, 0) is 17.7 Å². The molecule has 0 fully saturated rings. The number of aromatic nitrogens is 2. The lowest BCUT2D eigenvalue weighted by Gasteiger charge is -2.13. The predicted octanol–water partition coefficient (Wildman–Crippen LogP) is 4.28. The molecule has 0 amide bonds. The fraction of sp³-hybridized carbons (Fsp3) is 0.167. The van der Waals surface area contributed by atoms with Gasteiger partial charge in [0, 0.05) is 18.6 Å². The quantitative estimate of drug-likeness (QED) is 0.760. The van der Waals surface area contributed by atoms with Crippen LogP contribution in [0.25, 0.3) is 11.1 Å². The zero-order valence-electron chi connectivity index (χ0n) is 9.78. The molecule has 1 heterocycles. The Morgan fingerprint density at radius 1 is 1.11 bits per heavy atom. The third-order valence-electron chi connectivity index (χ3n) is 2.32. The van der Waals surface area contributed by atoms with E-state index in [4.69, 9.17) is 23.2 Å². The van der Waals surface area contributed by atoms with E-state index in [9.17, 15) is 0 Å². The summed E-state index contributed by atoms with van der Waals surface area (Å²) in [7, 11) is 3.67. The maximum atomic E-state index is 6.19. The third-order valence-corrected chi connectivity index (χ3v) is 3.36.